The average Bonchev–Trinajstić information content (AvgIpc) is 2.96. The van der Waals surface area contributed by atoms with Crippen LogP contribution >= 0.6 is 0 Å². The Morgan fingerprint density at radius 3 is 2.36 bits per heavy atom. The summed E-state index contributed by atoms with van der Waals surface area (Å²) in [4.78, 5) is 37.2. The quantitative estimate of drug-likeness (QED) is 0.842. The summed E-state index contributed by atoms with van der Waals surface area (Å²) in [7, 11) is 0. The molecule has 1 saturated heterocycles. The van der Waals surface area contributed by atoms with E-state index < -0.39 is 0 Å². The van der Waals surface area contributed by atoms with E-state index in [9.17, 15) is 14.4 Å². The number of Topliss-reactive ketones (excluding diaryl/α,β-unsaturated/α-hetero) is 1. The van der Waals surface area contributed by atoms with Crippen LogP contribution in [0.25, 0.3) is 0 Å². The monoisotopic (exact) mass is 337 g/mol. The SMILES string of the molecule is CC(=O)c1ccc(NC(=O)N[C@H]2CC(=O)N(c3ccccc3)C2)cc1. The molecular weight excluding hydrogens is 318 g/mol. The van der Waals surface area contributed by atoms with Crippen molar-refractivity contribution in [1.82, 2.24) is 5.32 Å². The molecule has 128 valence electrons. The van der Waals surface area contributed by atoms with Gasteiger partial charge in [-0.05, 0) is 43.3 Å². The minimum Gasteiger partial charge on any atom is -0.333 e. The molecule has 0 aliphatic carbocycles. The molecule has 1 aliphatic rings. The van der Waals surface area contributed by atoms with Crippen molar-refractivity contribution >= 4 is 29.1 Å². The largest absolute Gasteiger partial charge is 0.333 e. The second kappa shape index (κ2) is 7.17. The first-order valence-corrected chi connectivity index (χ1v) is 8.07. The molecule has 0 saturated carbocycles. The molecule has 2 N–H and O–H groups in total. The van der Waals surface area contributed by atoms with E-state index in [2.05, 4.69) is 10.6 Å². The number of nitrogens with zero attached hydrogens (tertiary/aromatic N) is 1. The lowest BCUT2D eigenvalue weighted by molar-refractivity contribution is -0.117. The minimum atomic E-state index is -0.372. The molecule has 0 radical (unpaired) electrons. The van der Waals surface area contributed by atoms with Gasteiger partial charge in [-0.3, -0.25) is 9.59 Å². The van der Waals surface area contributed by atoms with Gasteiger partial charge in [0.2, 0.25) is 5.91 Å². The highest BCUT2D eigenvalue weighted by atomic mass is 16.2. The molecule has 25 heavy (non-hydrogen) atoms. The van der Waals surface area contributed by atoms with Crippen LogP contribution in [-0.4, -0.2) is 30.3 Å². The van der Waals surface area contributed by atoms with Crippen LogP contribution in [0.3, 0.4) is 0 Å². The molecular formula is C19H19N3O3. The lowest BCUT2D eigenvalue weighted by atomic mass is 10.1. The summed E-state index contributed by atoms with van der Waals surface area (Å²) in [6.45, 7) is 1.93. The van der Waals surface area contributed by atoms with Gasteiger partial charge in [-0.1, -0.05) is 18.2 Å². The third kappa shape index (κ3) is 4.03. The molecule has 1 fully saturated rings. The first-order valence-electron chi connectivity index (χ1n) is 8.07. The van der Waals surface area contributed by atoms with Gasteiger partial charge in [0.25, 0.3) is 0 Å². The number of hydrogen-bond acceptors (Lipinski definition) is 3. The highest BCUT2D eigenvalue weighted by molar-refractivity contribution is 5.98. The Morgan fingerprint density at radius 2 is 1.72 bits per heavy atom. The number of carbonyl (C=O) groups excluding carboxylic acids is 3. The van der Waals surface area contributed by atoms with Crippen molar-refractivity contribution in [2.24, 2.45) is 0 Å². The van der Waals surface area contributed by atoms with Crippen molar-refractivity contribution in [1.29, 1.82) is 0 Å². The molecule has 0 unspecified atom stereocenters. The van der Waals surface area contributed by atoms with Crippen molar-refractivity contribution in [3.05, 3.63) is 60.2 Å². The third-order valence-electron chi connectivity index (χ3n) is 4.08. The Labute approximate surface area is 145 Å². The molecule has 2 aromatic carbocycles. The van der Waals surface area contributed by atoms with E-state index in [1.807, 2.05) is 30.3 Å². The zero-order valence-electron chi connectivity index (χ0n) is 13.9. The normalized spacial score (nSPS) is 16.6. The standard InChI is InChI=1S/C19H19N3O3/c1-13(23)14-7-9-15(10-8-14)20-19(25)21-16-11-18(24)22(12-16)17-5-3-2-4-6-17/h2-10,16H,11-12H2,1H3,(H2,20,21,25)/t16-/m0/s1. The maximum Gasteiger partial charge on any atom is 0.319 e. The maximum absolute atomic E-state index is 12.1. The van der Waals surface area contributed by atoms with Gasteiger partial charge in [-0.15, -0.1) is 0 Å². The van der Waals surface area contributed by atoms with Crippen LogP contribution in [0.1, 0.15) is 23.7 Å². The number of para-hydroxylation sites is 1. The third-order valence-corrected chi connectivity index (χ3v) is 4.08. The van der Waals surface area contributed by atoms with Crippen LogP contribution in [0, 0.1) is 0 Å². The van der Waals surface area contributed by atoms with Crippen LogP contribution < -0.4 is 15.5 Å². The smallest absolute Gasteiger partial charge is 0.319 e. The molecule has 0 spiro atoms. The predicted octanol–water partition coefficient (Wildman–Crippen LogP) is 2.82. The topological polar surface area (TPSA) is 78.5 Å². The number of anilines is 2. The second-order valence-corrected chi connectivity index (χ2v) is 5.97. The predicted molar refractivity (Wildman–Crippen MR) is 95.8 cm³/mol. The molecule has 1 aliphatic heterocycles. The van der Waals surface area contributed by atoms with Crippen molar-refractivity contribution in [2.45, 2.75) is 19.4 Å². The van der Waals surface area contributed by atoms with Crippen LogP contribution in [0.15, 0.2) is 54.6 Å². The Bertz CT molecular complexity index is 787. The number of ketones is 1. The maximum atomic E-state index is 12.1. The summed E-state index contributed by atoms with van der Waals surface area (Å²) in [5.74, 6) is -0.0382. The molecule has 1 atom stereocenters. The number of benzene rings is 2. The zero-order valence-corrected chi connectivity index (χ0v) is 13.9. The van der Waals surface area contributed by atoms with Gasteiger partial charge in [0.05, 0.1) is 6.04 Å². The van der Waals surface area contributed by atoms with Gasteiger partial charge in [0.1, 0.15) is 0 Å². The number of carbonyl (C=O) groups is 3. The van der Waals surface area contributed by atoms with Gasteiger partial charge in [0, 0.05) is 29.9 Å². The van der Waals surface area contributed by atoms with E-state index in [0.717, 1.165) is 5.69 Å². The van der Waals surface area contributed by atoms with E-state index in [4.69, 9.17) is 0 Å². The van der Waals surface area contributed by atoms with Gasteiger partial charge in [-0.2, -0.15) is 0 Å². The molecule has 3 rings (SSSR count). The molecule has 6 heteroatoms. The molecule has 0 aromatic heterocycles. The summed E-state index contributed by atoms with van der Waals surface area (Å²) in [6.07, 6.45) is 0.269. The van der Waals surface area contributed by atoms with E-state index in [0.29, 0.717) is 17.8 Å². The first-order chi connectivity index (χ1) is 12.0. The summed E-state index contributed by atoms with van der Waals surface area (Å²) >= 11 is 0. The Hall–Kier alpha value is -3.15. The van der Waals surface area contributed by atoms with Crippen molar-refractivity contribution < 1.29 is 14.4 Å². The number of rotatable bonds is 4. The van der Waals surface area contributed by atoms with Gasteiger partial charge in [-0.25, -0.2) is 4.79 Å². The summed E-state index contributed by atoms with van der Waals surface area (Å²) < 4.78 is 0. The van der Waals surface area contributed by atoms with Crippen molar-refractivity contribution in [3.63, 3.8) is 0 Å². The van der Waals surface area contributed by atoms with E-state index in [1.165, 1.54) is 6.92 Å². The lowest BCUT2D eigenvalue weighted by Crippen LogP contribution is -2.39. The summed E-state index contributed by atoms with van der Waals surface area (Å²) in [6, 6.07) is 15.4. The first kappa shape index (κ1) is 16.7. The Morgan fingerprint density at radius 1 is 1.04 bits per heavy atom. The second-order valence-electron chi connectivity index (χ2n) is 5.97. The van der Waals surface area contributed by atoms with Gasteiger partial charge >= 0.3 is 6.03 Å². The fraction of sp³-hybridized carbons (Fsp3) is 0.211. The Balaban J connectivity index is 1.56. The zero-order chi connectivity index (χ0) is 17.8. The fourth-order valence-corrected chi connectivity index (χ4v) is 2.80. The molecule has 1 heterocycles. The highest BCUT2D eigenvalue weighted by Gasteiger charge is 2.31. The molecule has 2 aromatic rings. The molecule has 3 amide bonds. The number of hydrogen-bond donors (Lipinski definition) is 2. The summed E-state index contributed by atoms with van der Waals surface area (Å²) in [5.41, 5.74) is 2.01. The number of urea groups is 1. The van der Waals surface area contributed by atoms with Gasteiger partial charge in [0.15, 0.2) is 5.78 Å². The van der Waals surface area contributed by atoms with Crippen LogP contribution in [0.2, 0.25) is 0 Å². The minimum absolute atomic E-state index is 0.0117. The van der Waals surface area contributed by atoms with Crippen LogP contribution in [-0.2, 0) is 4.79 Å². The van der Waals surface area contributed by atoms with Crippen LogP contribution in [0.4, 0.5) is 16.2 Å². The lowest BCUT2D eigenvalue weighted by Gasteiger charge is -2.17. The van der Waals surface area contributed by atoms with Crippen molar-refractivity contribution in [2.75, 3.05) is 16.8 Å². The Kier molecular flexibility index (Phi) is 4.79. The summed E-state index contributed by atoms with van der Waals surface area (Å²) in [5, 5.41) is 5.53. The molecule has 6 nitrogen and oxygen atoms in total. The highest BCUT2D eigenvalue weighted by Crippen LogP contribution is 2.21. The van der Waals surface area contributed by atoms with Crippen molar-refractivity contribution in [3.8, 4) is 0 Å². The average molecular weight is 337 g/mol. The fourth-order valence-electron chi connectivity index (χ4n) is 2.80. The van der Waals surface area contributed by atoms with Gasteiger partial charge < -0.3 is 15.5 Å². The van der Waals surface area contributed by atoms with E-state index in [-0.39, 0.29) is 30.2 Å². The number of nitrogens with one attached hydrogen (secondary N) is 2. The van der Waals surface area contributed by atoms with E-state index >= 15 is 0 Å². The molecule has 0 bridgehead atoms. The number of amides is 3. The van der Waals surface area contributed by atoms with Crippen LogP contribution in [0.5, 0.6) is 0 Å². The van der Waals surface area contributed by atoms with E-state index in [1.54, 1.807) is 29.2 Å².